The van der Waals surface area contributed by atoms with Crippen LogP contribution in [0, 0.1) is 61.6 Å². The zero-order valence-electron chi connectivity index (χ0n) is 25.1. The van der Waals surface area contributed by atoms with Gasteiger partial charge >= 0.3 is 0 Å². The SMILES string of the molecule is CCNC(=O)C12CCC(C)(C)CC1C1C(=O)C=C3C4(C)C(CCC3(C)C1(C)CC2)C(C)(C)C(=O)C1(C#N)OC14. The van der Waals surface area contributed by atoms with E-state index in [-0.39, 0.29) is 51.5 Å². The number of nitrogens with zero attached hydrogens (tertiary/aromatic N) is 1. The summed E-state index contributed by atoms with van der Waals surface area (Å²) in [6.45, 7) is 17.9. The molecule has 0 aromatic carbocycles. The number of rotatable bonds is 2. The number of carbonyl (C=O) groups is 3. The molecule has 39 heavy (non-hydrogen) atoms. The van der Waals surface area contributed by atoms with Crippen LogP contribution in [0.3, 0.4) is 0 Å². The van der Waals surface area contributed by atoms with E-state index in [1.807, 2.05) is 26.8 Å². The first-order chi connectivity index (χ1) is 18.0. The number of Topliss-reactive ketones (excluding diaryl/α,β-unsaturated/α-hetero) is 1. The van der Waals surface area contributed by atoms with Crippen LogP contribution in [-0.2, 0) is 19.1 Å². The summed E-state index contributed by atoms with van der Waals surface area (Å²) in [4.78, 5) is 41.8. The number of hydrogen-bond donors (Lipinski definition) is 1. The Morgan fingerprint density at radius 3 is 2.36 bits per heavy atom. The van der Waals surface area contributed by atoms with Crippen molar-refractivity contribution in [2.24, 2.45) is 50.2 Å². The Balaban J connectivity index is 1.51. The van der Waals surface area contributed by atoms with Crippen LogP contribution in [0.4, 0.5) is 0 Å². The summed E-state index contributed by atoms with van der Waals surface area (Å²) in [5.74, 6) is -0.0468. The third-order valence-corrected chi connectivity index (χ3v) is 13.5. The van der Waals surface area contributed by atoms with Crippen molar-refractivity contribution in [1.29, 1.82) is 5.26 Å². The van der Waals surface area contributed by atoms with Crippen LogP contribution in [0.1, 0.15) is 100 Å². The summed E-state index contributed by atoms with van der Waals surface area (Å²) < 4.78 is 6.11. The molecule has 1 N–H and O–H groups in total. The molecule has 6 rings (SSSR count). The molecule has 6 nitrogen and oxygen atoms in total. The highest BCUT2D eigenvalue weighted by molar-refractivity contribution is 6.01. The molecule has 1 amide bonds. The van der Waals surface area contributed by atoms with Gasteiger partial charge in [-0.3, -0.25) is 14.4 Å². The molecular formula is C33H46N2O4. The van der Waals surface area contributed by atoms with E-state index in [1.54, 1.807) is 0 Å². The van der Waals surface area contributed by atoms with Gasteiger partial charge < -0.3 is 10.1 Å². The van der Waals surface area contributed by atoms with E-state index in [9.17, 15) is 19.6 Å². The molecule has 0 bridgehead atoms. The minimum atomic E-state index is -1.40. The summed E-state index contributed by atoms with van der Waals surface area (Å²) in [7, 11) is 0. The van der Waals surface area contributed by atoms with Crippen LogP contribution >= 0.6 is 0 Å². The molecule has 5 aliphatic carbocycles. The average molecular weight is 535 g/mol. The van der Waals surface area contributed by atoms with Gasteiger partial charge in [-0.1, -0.05) is 54.0 Å². The lowest BCUT2D eigenvalue weighted by molar-refractivity contribution is -0.180. The average Bonchev–Trinajstić information content (AvgIpc) is 3.61. The quantitative estimate of drug-likeness (QED) is 0.468. The molecule has 212 valence electrons. The van der Waals surface area contributed by atoms with Gasteiger partial charge in [0.05, 0.1) is 5.41 Å². The minimum absolute atomic E-state index is 0.000969. The van der Waals surface area contributed by atoms with Crippen LogP contribution in [0.25, 0.3) is 0 Å². The molecule has 5 fully saturated rings. The van der Waals surface area contributed by atoms with Crippen LogP contribution in [0.15, 0.2) is 11.6 Å². The molecule has 4 saturated carbocycles. The smallest absolute Gasteiger partial charge is 0.240 e. The third kappa shape index (κ3) is 2.94. The third-order valence-electron chi connectivity index (χ3n) is 13.5. The highest BCUT2D eigenvalue weighted by Gasteiger charge is 2.82. The second-order valence-corrected chi connectivity index (χ2v) is 15.9. The molecule has 1 saturated heterocycles. The maximum Gasteiger partial charge on any atom is 0.240 e. The van der Waals surface area contributed by atoms with E-state index in [4.69, 9.17) is 4.74 Å². The molecule has 6 aliphatic rings. The van der Waals surface area contributed by atoms with Gasteiger partial charge in [-0.05, 0) is 86.0 Å². The first-order valence-corrected chi connectivity index (χ1v) is 15.2. The molecular weight excluding hydrogens is 488 g/mol. The number of nitrogens with one attached hydrogen (secondary N) is 1. The Labute approximate surface area is 233 Å². The van der Waals surface area contributed by atoms with Gasteiger partial charge in [0.1, 0.15) is 12.2 Å². The van der Waals surface area contributed by atoms with Crippen molar-refractivity contribution in [3.8, 4) is 6.07 Å². The first kappa shape index (κ1) is 27.2. The van der Waals surface area contributed by atoms with Gasteiger partial charge in [0.25, 0.3) is 0 Å². The largest absolute Gasteiger partial charge is 0.356 e. The van der Waals surface area contributed by atoms with E-state index in [0.717, 1.165) is 50.5 Å². The van der Waals surface area contributed by atoms with Crippen molar-refractivity contribution in [2.75, 3.05) is 6.54 Å². The number of allylic oxidation sites excluding steroid dienone is 1. The van der Waals surface area contributed by atoms with Gasteiger partial charge in [-0.15, -0.1) is 0 Å². The molecule has 0 aromatic heterocycles. The normalized spacial score (nSPS) is 50.6. The Morgan fingerprint density at radius 1 is 1.05 bits per heavy atom. The Hall–Kier alpha value is -2.00. The second kappa shape index (κ2) is 7.64. The van der Waals surface area contributed by atoms with Gasteiger partial charge in [0.2, 0.25) is 11.5 Å². The number of carbonyl (C=O) groups excluding carboxylic acids is 3. The molecule has 9 atom stereocenters. The van der Waals surface area contributed by atoms with Crippen molar-refractivity contribution < 1.29 is 19.1 Å². The zero-order chi connectivity index (χ0) is 28.6. The summed E-state index contributed by atoms with van der Waals surface area (Å²) in [5, 5.41) is 13.3. The fourth-order valence-electron chi connectivity index (χ4n) is 11.2. The zero-order valence-corrected chi connectivity index (χ0v) is 25.1. The predicted molar refractivity (Wildman–Crippen MR) is 147 cm³/mol. The molecule has 0 spiro atoms. The van der Waals surface area contributed by atoms with E-state index < -0.39 is 27.9 Å². The lowest BCUT2D eigenvalue weighted by Gasteiger charge is -2.69. The molecule has 1 aliphatic heterocycles. The molecule has 1 heterocycles. The number of nitriles is 1. The van der Waals surface area contributed by atoms with Crippen LogP contribution in [-0.4, -0.2) is 35.7 Å². The van der Waals surface area contributed by atoms with E-state index in [0.29, 0.717) is 6.54 Å². The number of fused-ring (bicyclic) bond motifs is 9. The Bertz CT molecular complexity index is 1260. The van der Waals surface area contributed by atoms with Gasteiger partial charge in [-0.25, -0.2) is 0 Å². The topological polar surface area (TPSA) is 99.6 Å². The number of ketones is 2. The standard InChI is InChI=1S/C33H46N2O4/c1-9-35-26(38)32-14-12-27(2,3)17-19(32)23-20(36)16-22-29(6,30(23,7)13-15-32)11-10-21-28(4,5)24(37)33(18-34)25(39-33)31(21,22)8/h16,19,21,23,25H,9-15,17H2,1-8H3,(H,35,38). The monoisotopic (exact) mass is 534 g/mol. The van der Waals surface area contributed by atoms with Crippen molar-refractivity contribution >= 4 is 17.5 Å². The molecule has 6 heteroatoms. The number of ether oxygens (including phenoxy) is 1. The van der Waals surface area contributed by atoms with Crippen LogP contribution in [0.2, 0.25) is 0 Å². The van der Waals surface area contributed by atoms with Crippen molar-refractivity contribution in [2.45, 2.75) is 112 Å². The fourth-order valence-corrected chi connectivity index (χ4v) is 11.2. The van der Waals surface area contributed by atoms with E-state index in [1.165, 1.54) is 0 Å². The van der Waals surface area contributed by atoms with E-state index >= 15 is 0 Å². The summed E-state index contributed by atoms with van der Waals surface area (Å²) in [5.41, 5.74) is -2.60. The second-order valence-electron chi connectivity index (χ2n) is 15.9. The fraction of sp³-hybridized carbons (Fsp3) is 0.818. The van der Waals surface area contributed by atoms with Gasteiger partial charge in [-0.2, -0.15) is 5.26 Å². The van der Waals surface area contributed by atoms with Crippen molar-refractivity contribution in [3.05, 3.63) is 11.6 Å². The highest BCUT2D eigenvalue weighted by Crippen LogP contribution is 2.77. The Morgan fingerprint density at radius 2 is 1.72 bits per heavy atom. The summed E-state index contributed by atoms with van der Waals surface area (Å²) in [6, 6.07) is 2.25. The Kier molecular flexibility index (Phi) is 5.32. The number of amides is 1. The molecule has 0 aromatic rings. The maximum absolute atomic E-state index is 14.6. The van der Waals surface area contributed by atoms with Gasteiger partial charge in [0, 0.05) is 23.3 Å². The van der Waals surface area contributed by atoms with Crippen LogP contribution in [0.5, 0.6) is 0 Å². The molecule has 0 radical (unpaired) electrons. The number of epoxide rings is 1. The highest BCUT2D eigenvalue weighted by atomic mass is 16.6. The van der Waals surface area contributed by atoms with Gasteiger partial charge in [0.15, 0.2) is 11.6 Å². The van der Waals surface area contributed by atoms with E-state index in [2.05, 4.69) is 46.0 Å². The van der Waals surface area contributed by atoms with Crippen molar-refractivity contribution in [3.63, 3.8) is 0 Å². The minimum Gasteiger partial charge on any atom is -0.356 e. The predicted octanol–water partition coefficient (Wildman–Crippen LogP) is 5.55. The maximum atomic E-state index is 14.6. The lowest BCUT2D eigenvalue weighted by atomic mass is 9.33. The summed E-state index contributed by atoms with van der Waals surface area (Å²) >= 11 is 0. The molecule has 9 unspecified atom stereocenters. The van der Waals surface area contributed by atoms with Crippen molar-refractivity contribution in [1.82, 2.24) is 5.32 Å². The first-order valence-electron chi connectivity index (χ1n) is 15.2. The van der Waals surface area contributed by atoms with Crippen LogP contribution < -0.4 is 5.32 Å². The number of hydrogen-bond acceptors (Lipinski definition) is 5. The summed E-state index contributed by atoms with van der Waals surface area (Å²) in [6.07, 6.45) is 7.49. The lowest BCUT2D eigenvalue weighted by Crippen LogP contribution is -2.68.